The fourth-order valence-electron chi connectivity index (χ4n) is 2.41. The standard InChI is InChI=1S/C18H18N4O5S2/c1-11-9-16(25)22-18(20-11)29-15(21-22)10-27-17(26)6-7-19-14(24)5-4-12(23)13-3-2-8-28-13/h2-3,8-9H,4-7,10H2,1H3,(H,19,24). The van der Waals surface area contributed by atoms with Gasteiger partial charge in [-0.05, 0) is 18.4 Å². The fourth-order valence-corrected chi connectivity index (χ4v) is 3.96. The number of Topliss-reactive ketones (excluding diaryl/α,β-unsaturated/α-hetero) is 1. The highest BCUT2D eigenvalue weighted by molar-refractivity contribution is 7.16. The second-order valence-corrected chi connectivity index (χ2v) is 8.08. The maximum Gasteiger partial charge on any atom is 0.307 e. The van der Waals surface area contributed by atoms with Gasteiger partial charge < -0.3 is 10.1 Å². The van der Waals surface area contributed by atoms with Gasteiger partial charge in [-0.1, -0.05) is 17.4 Å². The molecular formula is C18H18N4O5S2. The molecule has 0 bridgehead atoms. The summed E-state index contributed by atoms with van der Waals surface area (Å²) in [5, 5.41) is 8.93. The smallest absolute Gasteiger partial charge is 0.307 e. The first kappa shape index (κ1) is 20.8. The Labute approximate surface area is 173 Å². The Bertz CT molecular complexity index is 1090. The number of carbonyl (C=O) groups is 3. The lowest BCUT2D eigenvalue weighted by Gasteiger charge is -2.05. The van der Waals surface area contributed by atoms with E-state index in [1.54, 1.807) is 19.1 Å². The van der Waals surface area contributed by atoms with Crippen molar-refractivity contribution in [2.75, 3.05) is 6.54 Å². The minimum atomic E-state index is -0.504. The molecule has 3 rings (SSSR count). The normalized spacial score (nSPS) is 10.8. The number of ketones is 1. The van der Waals surface area contributed by atoms with Crippen LogP contribution in [0.3, 0.4) is 0 Å². The lowest BCUT2D eigenvalue weighted by molar-refractivity contribution is -0.144. The van der Waals surface area contributed by atoms with E-state index in [1.807, 2.05) is 5.38 Å². The maximum absolute atomic E-state index is 11.8. The van der Waals surface area contributed by atoms with Gasteiger partial charge in [-0.25, -0.2) is 4.98 Å². The number of thiophene rings is 1. The molecule has 3 aromatic rings. The monoisotopic (exact) mass is 434 g/mol. The quantitative estimate of drug-likeness (QED) is 0.402. The zero-order chi connectivity index (χ0) is 20.8. The Hall–Kier alpha value is -2.92. The van der Waals surface area contributed by atoms with Crippen molar-refractivity contribution in [2.24, 2.45) is 0 Å². The number of aromatic nitrogens is 3. The van der Waals surface area contributed by atoms with Gasteiger partial charge in [0, 0.05) is 31.1 Å². The van der Waals surface area contributed by atoms with Gasteiger partial charge in [-0.2, -0.15) is 9.61 Å². The first-order chi connectivity index (χ1) is 13.9. The van der Waals surface area contributed by atoms with Crippen LogP contribution in [-0.4, -0.2) is 38.8 Å². The Morgan fingerprint density at radius 3 is 2.83 bits per heavy atom. The Kier molecular flexibility index (Phi) is 6.83. The number of amides is 1. The van der Waals surface area contributed by atoms with Crippen LogP contribution in [0.4, 0.5) is 0 Å². The van der Waals surface area contributed by atoms with E-state index in [-0.39, 0.29) is 49.7 Å². The molecule has 0 fully saturated rings. The van der Waals surface area contributed by atoms with Gasteiger partial charge in [-0.15, -0.1) is 11.3 Å². The molecule has 0 atom stereocenters. The number of hydrogen-bond acceptors (Lipinski definition) is 9. The van der Waals surface area contributed by atoms with Crippen LogP contribution in [0.2, 0.25) is 0 Å². The molecule has 0 unspecified atom stereocenters. The Balaban J connectivity index is 1.37. The van der Waals surface area contributed by atoms with Crippen LogP contribution in [-0.2, 0) is 20.9 Å². The van der Waals surface area contributed by atoms with Crippen molar-refractivity contribution in [3.8, 4) is 0 Å². The van der Waals surface area contributed by atoms with Crippen molar-refractivity contribution in [2.45, 2.75) is 32.8 Å². The van der Waals surface area contributed by atoms with Gasteiger partial charge in [0.25, 0.3) is 5.56 Å². The number of aryl methyl sites for hydroxylation is 1. The molecule has 11 heteroatoms. The third-order valence-electron chi connectivity index (χ3n) is 3.80. The summed E-state index contributed by atoms with van der Waals surface area (Å²) in [7, 11) is 0. The number of nitrogens with one attached hydrogen (secondary N) is 1. The van der Waals surface area contributed by atoms with E-state index in [4.69, 9.17) is 4.74 Å². The highest BCUT2D eigenvalue weighted by Gasteiger charge is 2.12. The van der Waals surface area contributed by atoms with E-state index >= 15 is 0 Å². The number of carbonyl (C=O) groups excluding carboxylic acids is 3. The molecular weight excluding hydrogens is 416 g/mol. The van der Waals surface area contributed by atoms with E-state index in [2.05, 4.69) is 15.4 Å². The van der Waals surface area contributed by atoms with Gasteiger partial charge in [0.15, 0.2) is 10.8 Å². The van der Waals surface area contributed by atoms with Crippen molar-refractivity contribution in [3.63, 3.8) is 0 Å². The summed E-state index contributed by atoms with van der Waals surface area (Å²) in [6, 6.07) is 4.88. The van der Waals surface area contributed by atoms with Crippen molar-refractivity contribution < 1.29 is 19.1 Å². The molecule has 0 spiro atoms. The zero-order valence-electron chi connectivity index (χ0n) is 15.5. The first-order valence-electron chi connectivity index (χ1n) is 8.78. The van der Waals surface area contributed by atoms with Crippen LogP contribution in [0, 0.1) is 6.92 Å². The first-order valence-corrected chi connectivity index (χ1v) is 10.5. The minimum Gasteiger partial charge on any atom is -0.458 e. The van der Waals surface area contributed by atoms with Crippen LogP contribution in [0.15, 0.2) is 28.4 Å². The molecule has 1 amide bonds. The molecule has 152 valence electrons. The molecule has 0 saturated heterocycles. The minimum absolute atomic E-state index is 0.00713. The molecule has 0 radical (unpaired) electrons. The predicted octanol–water partition coefficient (Wildman–Crippen LogP) is 1.73. The van der Waals surface area contributed by atoms with E-state index in [1.165, 1.54) is 33.3 Å². The highest BCUT2D eigenvalue weighted by Crippen LogP contribution is 2.13. The van der Waals surface area contributed by atoms with Gasteiger partial charge in [0.1, 0.15) is 6.61 Å². The molecule has 0 aliphatic heterocycles. The van der Waals surface area contributed by atoms with E-state index in [9.17, 15) is 19.2 Å². The van der Waals surface area contributed by atoms with Gasteiger partial charge in [0.2, 0.25) is 10.9 Å². The second-order valence-electron chi connectivity index (χ2n) is 6.09. The van der Waals surface area contributed by atoms with E-state index in [0.717, 1.165) is 0 Å². The summed E-state index contributed by atoms with van der Waals surface area (Å²) in [4.78, 5) is 52.5. The van der Waals surface area contributed by atoms with Gasteiger partial charge in [0.05, 0.1) is 11.3 Å². The number of nitrogens with zero attached hydrogens (tertiary/aromatic N) is 3. The number of fused-ring (bicyclic) bond motifs is 1. The molecule has 0 aromatic carbocycles. The topological polar surface area (TPSA) is 120 Å². The van der Waals surface area contributed by atoms with Crippen molar-refractivity contribution in [1.82, 2.24) is 19.9 Å². The summed E-state index contributed by atoms with van der Waals surface area (Å²) in [6.45, 7) is 1.76. The third kappa shape index (κ3) is 5.78. The highest BCUT2D eigenvalue weighted by atomic mass is 32.1. The summed E-state index contributed by atoms with van der Waals surface area (Å²) in [6.07, 6.45) is 0.187. The van der Waals surface area contributed by atoms with Gasteiger partial charge >= 0.3 is 5.97 Å². The van der Waals surface area contributed by atoms with E-state index < -0.39 is 5.97 Å². The SMILES string of the molecule is Cc1cc(=O)n2nc(COC(=O)CCNC(=O)CCC(=O)c3cccs3)sc2n1. The number of hydrogen-bond donors (Lipinski definition) is 1. The van der Waals surface area contributed by atoms with Crippen LogP contribution < -0.4 is 10.9 Å². The summed E-state index contributed by atoms with van der Waals surface area (Å²) < 4.78 is 6.28. The van der Waals surface area contributed by atoms with Crippen LogP contribution in [0.5, 0.6) is 0 Å². The van der Waals surface area contributed by atoms with Crippen LogP contribution in [0.1, 0.15) is 39.6 Å². The average Bonchev–Trinajstić information content (AvgIpc) is 3.34. The predicted molar refractivity (Wildman–Crippen MR) is 107 cm³/mol. The lowest BCUT2D eigenvalue weighted by Crippen LogP contribution is -2.26. The summed E-state index contributed by atoms with van der Waals surface area (Å²) in [5.74, 6) is -0.875. The van der Waals surface area contributed by atoms with Gasteiger partial charge in [-0.3, -0.25) is 19.2 Å². The molecule has 0 aliphatic carbocycles. The maximum atomic E-state index is 11.8. The summed E-state index contributed by atoms with van der Waals surface area (Å²) >= 11 is 2.51. The van der Waals surface area contributed by atoms with Crippen LogP contribution >= 0.6 is 22.7 Å². The zero-order valence-corrected chi connectivity index (χ0v) is 17.2. The molecule has 1 N–H and O–H groups in total. The third-order valence-corrected chi connectivity index (χ3v) is 5.59. The molecule has 9 nitrogen and oxygen atoms in total. The largest absolute Gasteiger partial charge is 0.458 e. The second kappa shape index (κ2) is 9.52. The number of esters is 1. The molecule has 3 heterocycles. The Morgan fingerprint density at radius 2 is 2.07 bits per heavy atom. The van der Waals surface area contributed by atoms with Crippen molar-refractivity contribution >= 4 is 45.3 Å². The van der Waals surface area contributed by atoms with Crippen LogP contribution in [0.25, 0.3) is 4.96 Å². The molecule has 0 saturated carbocycles. The molecule has 29 heavy (non-hydrogen) atoms. The number of rotatable bonds is 9. The lowest BCUT2D eigenvalue weighted by atomic mass is 10.2. The Morgan fingerprint density at radius 1 is 1.24 bits per heavy atom. The fraction of sp³-hybridized carbons (Fsp3) is 0.333. The summed E-state index contributed by atoms with van der Waals surface area (Å²) in [5.41, 5.74) is 0.302. The van der Waals surface area contributed by atoms with Crippen molar-refractivity contribution in [1.29, 1.82) is 0 Å². The molecule has 0 aliphatic rings. The molecule has 3 aromatic heterocycles. The van der Waals surface area contributed by atoms with E-state index in [0.29, 0.717) is 20.5 Å². The van der Waals surface area contributed by atoms with Crippen molar-refractivity contribution in [3.05, 3.63) is 49.5 Å². The number of ether oxygens (including phenoxy) is 1. The average molecular weight is 434 g/mol.